The number of hydrogen-bond donors (Lipinski definition) is 0. The molecule has 4 aromatic rings. The van der Waals surface area contributed by atoms with Crippen LogP contribution < -0.4 is 0 Å². The molecule has 1 heterocycles. The van der Waals surface area contributed by atoms with Crippen molar-refractivity contribution in [3.8, 4) is 5.69 Å². The second kappa shape index (κ2) is 9.34. The fourth-order valence-electron chi connectivity index (χ4n) is 2.97. The summed E-state index contributed by atoms with van der Waals surface area (Å²) in [6, 6.07) is 15.0. The molecule has 0 atom stereocenters. The molecule has 1 aromatic heterocycles. The van der Waals surface area contributed by atoms with Crippen LogP contribution >= 0.6 is 35.0 Å². The molecule has 0 radical (unpaired) electrons. The first-order valence-electron chi connectivity index (χ1n) is 9.11. The Morgan fingerprint density at radius 2 is 1.52 bits per heavy atom. The van der Waals surface area contributed by atoms with E-state index in [2.05, 4.69) is 10.2 Å². The van der Waals surface area contributed by atoms with Crippen molar-refractivity contribution < 1.29 is 13.2 Å². The van der Waals surface area contributed by atoms with Gasteiger partial charge in [-0.05, 0) is 59.7 Å². The number of halogens is 5. The van der Waals surface area contributed by atoms with E-state index in [1.807, 2.05) is 6.07 Å². The van der Waals surface area contributed by atoms with E-state index in [9.17, 15) is 13.2 Å². The van der Waals surface area contributed by atoms with Crippen molar-refractivity contribution >= 4 is 35.0 Å². The summed E-state index contributed by atoms with van der Waals surface area (Å²) in [5, 5.41) is 9.97. The van der Waals surface area contributed by atoms with E-state index < -0.39 is 11.6 Å². The van der Waals surface area contributed by atoms with Crippen LogP contribution in [0.15, 0.2) is 65.8 Å². The number of rotatable bonds is 6. The lowest BCUT2D eigenvalue weighted by Crippen LogP contribution is -2.04. The average Bonchev–Trinajstić information content (AvgIpc) is 3.14. The average molecular weight is 480 g/mol. The summed E-state index contributed by atoms with van der Waals surface area (Å²) >= 11 is 13.4. The Hall–Kier alpha value is -2.48. The normalized spacial score (nSPS) is 11.1. The van der Waals surface area contributed by atoms with Crippen molar-refractivity contribution in [2.75, 3.05) is 0 Å². The quantitative estimate of drug-likeness (QED) is 0.282. The van der Waals surface area contributed by atoms with Crippen LogP contribution in [0.4, 0.5) is 13.2 Å². The van der Waals surface area contributed by atoms with Crippen LogP contribution in [0.3, 0.4) is 0 Å². The SMILES string of the molecule is Fc1ccc(-n2c(Cc3ccc(Cl)c(Cl)c3)nnc2SCc2ccc(F)c(F)c2)cc1. The Balaban J connectivity index is 1.66. The van der Waals surface area contributed by atoms with Crippen molar-refractivity contribution in [2.45, 2.75) is 17.3 Å². The monoisotopic (exact) mass is 479 g/mol. The Kier molecular flexibility index (Phi) is 6.55. The lowest BCUT2D eigenvalue weighted by molar-refractivity contribution is 0.507. The molecule has 3 nitrogen and oxygen atoms in total. The number of thioether (sulfide) groups is 1. The molecule has 31 heavy (non-hydrogen) atoms. The van der Waals surface area contributed by atoms with Crippen LogP contribution in [-0.2, 0) is 12.2 Å². The van der Waals surface area contributed by atoms with Gasteiger partial charge in [0.15, 0.2) is 16.8 Å². The van der Waals surface area contributed by atoms with E-state index in [0.717, 1.165) is 17.7 Å². The van der Waals surface area contributed by atoms with Crippen LogP contribution in [0.2, 0.25) is 10.0 Å². The summed E-state index contributed by atoms with van der Waals surface area (Å²) in [6.07, 6.45) is 0.410. The molecule has 0 N–H and O–H groups in total. The topological polar surface area (TPSA) is 30.7 Å². The fraction of sp³-hybridized carbons (Fsp3) is 0.0909. The van der Waals surface area contributed by atoms with Crippen LogP contribution in [0.5, 0.6) is 0 Å². The van der Waals surface area contributed by atoms with Crippen LogP contribution in [0, 0.1) is 17.5 Å². The molecule has 0 bridgehead atoms. The van der Waals surface area contributed by atoms with Crippen molar-refractivity contribution in [1.29, 1.82) is 0 Å². The van der Waals surface area contributed by atoms with E-state index in [4.69, 9.17) is 23.2 Å². The molecule has 0 spiro atoms. The Morgan fingerprint density at radius 1 is 0.774 bits per heavy atom. The molecule has 158 valence electrons. The van der Waals surface area contributed by atoms with Gasteiger partial charge in [-0.25, -0.2) is 13.2 Å². The van der Waals surface area contributed by atoms with Gasteiger partial charge in [0, 0.05) is 17.9 Å². The van der Waals surface area contributed by atoms with Gasteiger partial charge in [-0.15, -0.1) is 10.2 Å². The predicted molar refractivity (Wildman–Crippen MR) is 117 cm³/mol. The summed E-state index contributed by atoms with van der Waals surface area (Å²) in [6.45, 7) is 0. The van der Waals surface area contributed by atoms with Crippen molar-refractivity contribution in [1.82, 2.24) is 14.8 Å². The number of aromatic nitrogens is 3. The van der Waals surface area contributed by atoms with Crippen molar-refractivity contribution in [3.63, 3.8) is 0 Å². The standard InChI is InChI=1S/C22H14Cl2F3N3S/c23-17-7-1-13(9-18(17)24)11-21-28-29-22(30(21)16-5-3-15(25)4-6-16)31-12-14-2-8-19(26)20(27)10-14/h1-10H,11-12H2. The first kappa shape index (κ1) is 21.7. The summed E-state index contributed by atoms with van der Waals surface area (Å²) < 4.78 is 42.0. The van der Waals surface area contributed by atoms with Gasteiger partial charge in [0.1, 0.15) is 11.6 Å². The molecule has 3 aromatic carbocycles. The molecule has 0 amide bonds. The number of hydrogen-bond acceptors (Lipinski definition) is 3. The molecule has 0 saturated heterocycles. The molecule has 0 saturated carbocycles. The zero-order chi connectivity index (χ0) is 22.0. The molecule has 0 unspecified atom stereocenters. The summed E-state index contributed by atoms with van der Waals surface area (Å²) in [7, 11) is 0. The minimum atomic E-state index is -0.904. The van der Waals surface area contributed by atoms with Gasteiger partial charge >= 0.3 is 0 Å². The van der Waals surface area contributed by atoms with Gasteiger partial charge in [-0.3, -0.25) is 4.57 Å². The first-order valence-corrected chi connectivity index (χ1v) is 10.9. The van der Waals surface area contributed by atoms with Crippen molar-refractivity contribution in [2.24, 2.45) is 0 Å². The van der Waals surface area contributed by atoms with Crippen LogP contribution in [0.25, 0.3) is 5.69 Å². The highest BCUT2D eigenvalue weighted by Gasteiger charge is 2.16. The molecule has 9 heteroatoms. The fourth-order valence-corrected chi connectivity index (χ4v) is 4.20. The minimum Gasteiger partial charge on any atom is -0.274 e. The maximum atomic E-state index is 13.5. The van der Waals surface area contributed by atoms with E-state index >= 15 is 0 Å². The Bertz CT molecular complexity index is 1230. The van der Waals surface area contributed by atoms with Crippen LogP contribution in [0.1, 0.15) is 17.0 Å². The van der Waals surface area contributed by atoms with Gasteiger partial charge in [-0.1, -0.05) is 47.1 Å². The maximum Gasteiger partial charge on any atom is 0.196 e. The lowest BCUT2D eigenvalue weighted by atomic mass is 10.1. The lowest BCUT2D eigenvalue weighted by Gasteiger charge is -2.11. The molecular weight excluding hydrogens is 466 g/mol. The van der Waals surface area contributed by atoms with Gasteiger partial charge in [0.25, 0.3) is 0 Å². The third-order valence-corrected chi connectivity index (χ3v) is 6.22. The third-order valence-electron chi connectivity index (χ3n) is 4.48. The van der Waals surface area contributed by atoms with E-state index in [1.54, 1.807) is 28.8 Å². The predicted octanol–water partition coefficient (Wildman–Crippen LogP) is 6.87. The molecule has 0 fully saturated rings. The van der Waals surface area contributed by atoms with Gasteiger partial charge < -0.3 is 0 Å². The van der Waals surface area contributed by atoms with E-state index in [1.165, 1.54) is 30.0 Å². The smallest absolute Gasteiger partial charge is 0.196 e. The summed E-state index contributed by atoms with van der Waals surface area (Å²) in [4.78, 5) is 0. The maximum absolute atomic E-state index is 13.5. The first-order chi connectivity index (χ1) is 14.9. The van der Waals surface area contributed by atoms with Crippen molar-refractivity contribution in [3.05, 3.63) is 105 Å². The highest BCUT2D eigenvalue weighted by atomic mass is 35.5. The van der Waals surface area contributed by atoms with E-state index in [-0.39, 0.29) is 5.82 Å². The second-order valence-electron chi connectivity index (χ2n) is 6.67. The molecular formula is C22H14Cl2F3N3S. The van der Waals surface area contributed by atoms with Gasteiger partial charge in [-0.2, -0.15) is 0 Å². The number of benzene rings is 3. The zero-order valence-electron chi connectivity index (χ0n) is 15.8. The molecule has 0 aliphatic heterocycles. The summed E-state index contributed by atoms with van der Waals surface area (Å²) in [5.74, 6) is -1.20. The molecule has 0 aliphatic carbocycles. The van der Waals surface area contributed by atoms with Crippen LogP contribution in [-0.4, -0.2) is 14.8 Å². The highest BCUT2D eigenvalue weighted by molar-refractivity contribution is 7.98. The minimum absolute atomic E-state index is 0.350. The van der Waals surface area contributed by atoms with E-state index in [0.29, 0.717) is 44.5 Å². The highest BCUT2D eigenvalue weighted by Crippen LogP contribution is 2.28. The largest absolute Gasteiger partial charge is 0.274 e. The zero-order valence-corrected chi connectivity index (χ0v) is 18.2. The summed E-state index contributed by atoms with van der Waals surface area (Å²) in [5.41, 5.74) is 2.15. The third kappa shape index (κ3) is 5.06. The Labute approximate surface area is 190 Å². The molecule has 0 aliphatic rings. The van der Waals surface area contributed by atoms with Gasteiger partial charge in [0.2, 0.25) is 0 Å². The second-order valence-corrected chi connectivity index (χ2v) is 8.43. The molecule has 4 rings (SSSR count). The number of nitrogens with zero attached hydrogens (tertiary/aromatic N) is 3. The van der Waals surface area contributed by atoms with Gasteiger partial charge in [0.05, 0.1) is 10.0 Å². The Morgan fingerprint density at radius 3 is 2.23 bits per heavy atom.